The molecule has 0 saturated carbocycles. The molecule has 100 valence electrons. The molecule has 1 unspecified atom stereocenters. The van der Waals surface area contributed by atoms with Crippen molar-refractivity contribution >= 4 is 43.5 Å². The van der Waals surface area contributed by atoms with E-state index in [4.69, 9.17) is 4.74 Å². The molecule has 1 atom stereocenters. The number of halogens is 2. The number of carbonyl (C=O) groups is 1. The second-order valence-electron chi connectivity index (χ2n) is 3.96. The van der Waals surface area contributed by atoms with Crippen LogP contribution < -0.4 is 5.32 Å². The molecule has 18 heavy (non-hydrogen) atoms. The molecule has 0 bridgehead atoms. The molecule has 1 aromatic carbocycles. The van der Waals surface area contributed by atoms with Gasteiger partial charge in [0.2, 0.25) is 0 Å². The van der Waals surface area contributed by atoms with Gasteiger partial charge in [-0.15, -0.1) is 0 Å². The van der Waals surface area contributed by atoms with E-state index in [1.807, 2.05) is 32.9 Å². The van der Waals surface area contributed by atoms with Crippen molar-refractivity contribution in [3.8, 4) is 0 Å². The highest BCUT2D eigenvalue weighted by molar-refractivity contribution is 9.11. The quantitative estimate of drug-likeness (QED) is 0.777. The molecule has 0 aromatic heterocycles. The summed E-state index contributed by atoms with van der Waals surface area (Å²) in [5.74, 6) is -0.223. The summed E-state index contributed by atoms with van der Waals surface area (Å²) in [6, 6.07) is 3.68. The summed E-state index contributed by atoms with van der Waals surface area (Å²) in [4.78, 5) is 11.8. The van der Waals surface area contributed by atoms with Crippen LogP contribution in [0.2, 0.25) is 0 Å². The molecule has 3 nitrogen and oxygen atoms in total. The van der Waals surface area contributed by atoms with E-state index < -0.39 is 0 Å². The molecule has 0 heterocycles. The number of esters is 1. The van der Waals surface area contributed by atoms with Crippen LogP contribution in [-0.2, 0) is 9.53 Å². The van der Waals surface area contributed by atoms with Gasteiger partial charge >= 0.3 is 5.97 Å². The molecule has 1 rings (SSSR count). The van der Waals surface area contributed by atoms with E-state index in [9.17, 15) is 4.79 Å². The normalized spacial score (nSPS) is 12.1. The number of hydrogen-bond donors (Lipinski definition) is 1. The van der Waals surface area contributed by atoms with E-state index in [1.165, 1.54) is 0 Å². The van der Waals surface area contributed by atoms with Gasteiger partial charge in [-0.3, -0.25) is 0 Å². The predicted octanol–water partition coefficient (Wildman–Crippen LogP) is 4.27. The second-order valence-corrected chi connectivity index (χ2v) is 5.67. The van der Waals surface area contributed by atoms with Crippen molar-refractivity contribution in [2.24, 2.45) is 0 Å². The summed E-state index contributed by atoms with van der Waals surface area (Å²) in [6.45, 7) is 6.17. The summed E-state index contributed by atoms with van der Waals surface area (Å²) in [5.41, 5.74) is 2.02. The Bertz CT molecular complexity index is 412. The Kier molecular flexibility index (Phi) is 6.15. The van der Waals surface area contributed by atoms with Crippen LogP contribution in [0.3, 0.4) is 0 Å². The van der Waals surface area contributed by atoms with Gasteiger partial charge in [0.15, 0.2) is 0 Å². The maximum absolute atomic E-state index is 11.8. The fraction of sp³-hybridized carbons (Fsp3) is 0.462. The lowest BCUT2D eigenvalue weighted by molar-refractivity contribution is -0.144. The van der Waals surface area contributed by atoms with Crippen molar-refractivity contribution in [1.29, 1.82) is 0 Å². The number of benzene rings is 1. The van der Waals surface area contributed by atoms with E-state index in [2.05, 4.69) is 37.2 Å². The summed E-state index contributed by atoms with van der Waals surface area (Å²) < 4.78 is 6.89. The van der Waals surface area contributed by atoms with E-state index >= 15 is 0 Å². The Morgan fingerprint density at radius 1 is 1.33 bits per heavy atom. The van der Waals surface area contributed by atoms with Crippen LogP contribution in [0.4, 0.5) is 5.69 Å². The molecule has 0 amide bonds. The van der Waals surface area contributed by atoms with Crippen molar-refractivity contribution in [3.05, 3.63) is 26.6 Å². The summed E-state index contributed by atoms with van der Waals surface area (Å²) in [5, 5.41) is 3.21. The van der Waals surface area contributed by atoms with Gasteiger partial charge in [0, 0.05) is 8.95 Å². The number of anilines is 1. The number of aryl methyl sites for hydroxylation is 1. The molecule has 0 aliphatic rings. The van der Waals surface area contributed by atoms with Crippen LogP contribution in [0.1, 0.15) is 25.8 Å². The van der Waals surface area contributed by atoms with E-state index in [0.29, 0.717) is 13.0 Å². The molecular formula is C13H17Br2NO2. The zero-order chi connectivity index (χ0) is 13.7. The number of hydrogen-bond acceptors (Lipinski definition) is 3. The van der Waals surface area contributed by atoms with Crippen molar-refractivity contribution in [2.45, 2.75) is 33.2 Å². The Morgan fingerprint density at radius 2 is 1.89 bits per heavy atom. The number of carbonyl (C=O) groups excluding carboxylic acids is 1. The third-order valence-corrected chi connectivity index (χ3v) is 3.74. The largest absolute Gasteiger partial charge is 0.464 e. The van der Waals surface area contributed by atoms with Gasteiger partial charge in [-0.05, 0) is 69.8 Å². The maximum Gasteiger partial charge on any atom is 0.328 e. The molecule has 0 aliphatic heterocycles. The smallest absolute Gasteiger partial charge is 0.328 e. The van der Waals surface area contributed by atoms with E-state index in [-0.39, 0.29) is 12.0 Å². The fourth-order valence-electron chi connectivity index (χ4n) is 1.58. The average Bonchev–Trinajstić information content (AvgIpc) is 2.28. The minimum absolute atomic E-state index is 0.223. The number of rotatable bonds is 5. The third kappa shape index (κ3) is 3.99. The lowest BCUT2D eigenvalue weighted by Crippen LogP contribution is -2.31. The Morgan fingerprint density at radius 3 is 2.33 bits per heavy atom. The monoisotopic (exact) mass is 377 g/mol. The first kappa shape index (κ1) is 15.5. The SMILES string of the molecule is CCOC(=O)C(CC)Nc1c(Br)cc(C)cc1Br. The molecule has 1 N–H and O–H groups in total. The van der Waals surface area contributed by atoms with Crippen molar-refractivity contribution in [1.82, 2.24) is 0 Å². The fourth-order valence-corrected chi connectivity index (χ4v) is 3.23. The topological polar surface area (TPSA) is 38.3 Å². The maximum atomic E-state index is 11.8. The first-order chi connectivity index (χ1) is 8.49. The summed E-state index contributed by atoms with van der Waals surface area (Å²) in [7, 11) is 0. The standard InChI is InChI=1S/C13H17Br2NO2/c1-4-11(13(17)18-5-2)16-12-9(14)6-8(3)7-10(12)15/h6-7,11,16H,4-5H2,1-3H3. The van der Waals surface area contributed by atoms with Crippen molar-refractivity contribution in [3.63, 3.8) is 0 Å². The zero-order valence-electron chi connectivity index (χ0n) is 10.7. The Balaban J connectivity index is 2.92. The zero-order valence-corrected chi connectivity index (χ0v) is 13.9. The van der Waals surface area contributed by atoms with Crippen LogP contribution in [0.5, 0.6) is 0 Å². The lowest BCUT2D eigenvalue weighted by atomic mass is 10.2. The van der Waals surface area contributed by atoms with E-state index in [0.717, 1.165) is 20.2 Å². The molecule has 5 heteroatoms. The summed E-state index contributed by atoms with van der Waals surface area (Å²) in [6.07, 6.45) is 0.672. The highest BCUT2D eigenvalue weighted by atomic mass is 79.9. The van der Waals surface area contributed by atoms with Crippen LogP contribution in [-0.4, -0.2) is 18.6 Å². The van der Waals surface area contributed by atoms with Crippen LogP contribution >= 0.6 is 31.9 Å². The van der Waals surface area contributed by atoms with Crippen LogP contribution in [0.15, 0.2) is 21.1 Å². The van der Waals surface area contributed by atoms with E-state index in [1.54, 1.807) is 0 Å². The molecule has 1 aromatic rings. The second kappa shape index (κ2) is 7.14. The summed E-state index contributed by atoms with van der Waals surface area (Å²) >= 11 is 7.00. The van der Waals surface area contributed by atoms with Gasteiger partial charge in [0.1, 0.15) is 6.04 Å². The lowest BCUT2D eigenvalue weighted by Gasteiger charge is -2.19. The Labute approximate surface area is 125 Å². The minimum Gasteiger partial charge on any atom is -0.464 e. The van der Waals surface area contributed by atoms with Gasteiger partial charge < -0.3 is 10.1 Å². The molecule has 0 fully saturated rings. The van der Waals surface area contributed by atoms with Crippen molar-refractivity contribution < 1.29 is 9.53 Å². The Hall–Kier alpha value is -0.550. The van der Waals surface area contributed by atoms with Crippen LogP contribution in [0, 0.1) is 6.92 Å². The van der Waals surface area contributed by atoms with Crippen LogP contribution in [0.25, 0.3) is 0 Å². The van der Waals surface area contributed by atoms with Gasteiger partial charge in [-0.2, -0.15) is 0 Å². The number of ether oxygens (including phenoxy) is 1. The molecular weight excluding hydrogens is 362 g/mol. The third-order valence-electron chi connectivity index (χ3n) is 2.48. The average molecular weight is 379 g/mol. The van der Waals surface area contributed by atoms with Gasteiger partial charge in [-0.1, -0.05) is 6.92 Å². The highest BCUT2D eigenvalue weighted by Gasteiger charge is 2.19. The number of nitrogens with one attached hydrogen (secondary N) is 1. The van der Waals surface area contributed by atoms with Crippen molar-refractivity contribution in [2.75, 3.05) is 11.9 Å². The minimum atomic E-state index is -0.333. The first-order valence-corrected chi connectivity index (χ1v) is 7.47. The van der Waals surface area contributed by atoms with Gasteiger partial charge in [0.05, 0.1) is 12.3 Å². The van der Waals surface area contributed by atoms with Gasteiger partial charge in [0.25, 0.3) is 0 Å². The molecule has 0 spiro atoms. The van der Waals surface area contributed by atoms with Gasteiger partial charge in [-0.25, -0.2) is 4.79 Å². The molecule has 0 aliphatic carbocycles. The first-order valence-electron chi connectivity index (χ1n) is 5.88. The molecule has 0 radical (unpaired) electrons. The predicted molar refractivity (Wildman–Crippen MR) is 80.9 cm³/mol. The highest BCUT2D eigenvalue weighted by Crippen LogP contribution is 2.33. The molecule has 0 saturated heterocycles.